The minimum atomic E-state index is -2.80. The van der Waals surface area contributed by atoms with Crippen LogP contribution in [0.1, 0.15) is 0 Å². The van der Waals surface area contributed by atoms with Gasteiger partial charge in [0.05, 0.1) is 16.6 Å². The molecule has 5 heterocycles. The summed E-state index contributed by atoms with van der Waals surface area (Å²) < 4.78 is 5.21. The van der Waals surface area contributed by atoms with Gasteiger partial charge in [0.15, 0.2) is 8.07 Å². The lowest BCUT2D eigenvalue weighted by Gasteiger charge is -2.44. The molecule has 0 saturated heterocycles. The van der Waals surface area contributed by atoms with Crippen molar-refractivity contribution in [2.24, 2.45) is 0 Å². The van der Waals surface area contributed by atoms with E-state index in [0.717, 1.165) is 11.4 Å². The van der Waals surface area contributed by atoms with E-state index in [1.165, 1.54) is 87.0 Å². The summed E-state index contributed by atoms with van der Waals surface area (Å²) in [7, 11) is -2.80. The van der Waals surface area contributed by atoms with E-state index in [4.69, 9.17) is 0 Å². The average molecular weight is 714 g/mol. The van der Waals surface area contributed by atoms with Crippen LogP contribution in [-0.2, 0) is 0 Å². The van der Waals surface area contributed by atoms with E-state index < -0.39 is 8.07 Å². The molecule has 8 aromatic carbocycles. The highest BCUT2D eigenvalue weighted by molar-refractivity contribution is 7.22. The summed E-state index contributed by atoms with van der Waals surface area (Å²) in [5.41, 5.74) is 13.0. The van der Waals surface area contributed by atoms with Gasteiger partial charge >= 0.3 is 0 Å². The number of benzene rings is 8. The first-order valence-electron chi connectivity index (χ1n) is 19.2. The number of aromatic nitrogens is 2. The molecule has 2 aromatic heterocycles. The Morgan fingerprint density at radius 1 is 0.400 bits per heavy atom. The zero-order valence-corrected chi connectivity index (χ0v) is 30.9. The van der Waals surface area contributed by atoms with E-state index >= 15 is 0 Å². The van der Waals surface area contributed by atoms with E-state index in [9.17, 15) is 0 Å². The Balaban J connectivity index is 1.28. The van der Waals surface area contributed by atoms with E-state index in [1.54, 1.807) is 0 Å². The van der Waals surface area contributed by atoms with Crippen molar-refractivity contribution >= 4 is 102 Å². The van der Waals surface area contributed by atoms with Gasteiger partial charge in [-0.3, -0.25) is 9.47 Å². The van der Waals surface area contributed by atoms with Gasteiger partial charge in [-0.15, -0.1) is 0 Å². The van der Waals surface area contributed by atoms with Crippen LogP contribution >= 0.6 is 0 Å². The molecule has 55 heavy (non-hydrogen) atoms. The first-order chi connectivity index (χ1) is 27.4. The number of hydrogen-bond acceptors (Lipinski definition) is 1. The molecular formula is C50H32BN3Si. The lowest BCUT2D eigenvalue weighted by molar-refractivity contribution is 1.08. The van der Waals surface area contributed by atoms with Crippen molar-refractivity contribution in [1.82, 2.24) is 9.13 Å². The van der Waals surface area contributed by atoms with Crippen molar-refractivity contribution in [2.75, 3.05) is 4.90 Å². The molecule has 0 atom stereocenters. The van der Waals surface area contributed by atoms with Gasteiger partial charge in [-0.05, 0) is 78.9 Å². The van der Waals surface area contributed by atoms with Crippen LogP contribution in [-0.4, -0.2) is 23.9 Å². The Labute approximate surface area is 320 Å². The SMILES string of the molecule is c1ccc(N2c3ccc4c5cccc6c5n5c4c3B(c3cccc(c3-5)[Si]6(c3ccccc3)c3ccccc3)c3c2n(-c2ccccc2)c2ccccc32)cc1. The Morgan fingerprint density at radius 3 is 1.71 bits per heavy atom. The minimum absolute atomic E-state index is 0.0232. The zero-order chi connectivity index (χ0) is 35.8. The molecule has 3 aliphatic rings. The van der Waals surface area contributed by atoms with Crippen LogP contribution in [0.5, 0.6) is 0 Å². The molecule has 0 N–H and O–H groups in total. The van der Waals surface area contributed by atoms with Crippen LogP contribution in [0.3, 0.4) is 0 Å². The van der Waals surface area contributed by atoms with Gasteiger partial charge < -0.3 is 4.57 Å². The molecule has 0 bridgehead atoms. The number of para-hydroxylation sites is 5. The summed E-state index contributed by atoms with van der Waals surface area (Å²) in [4.78, 5) is 2.55. The summed E-state index contributed by atoms with van der Waals surface area (Å²) in [5.74, 6) is 1.21. The highest BCUT2D eigenvalue weighted by Gasteiger charge is 2.52. The van der Waals surface area contributed by atoms with Gasteiger partial charge in [0.2, 0.25) is 0 Å². The molecular weight excluding hydrogens is 681 g/mol. The van der Waals surface area contributed by atoms with Gasteiger partial charge in [-0.25, -0.2) is 0 Å². The predicted molar refractivity (Wildman–Crippen MR) is 234 cm³/mol. The Hall–Kier alpha value is -6.82. The molecule has 0 fully saturated rings. The van der Waals surface area contributed by atoms with Gasteiger partial charge in [-0.1, -0.05) is 158 Å². The quantitative estimate of drug-likeness (QED) is 0.179. The number of nitrogens with zero attached hydrogens (tertiary/aromatic N) is 3. The first-order valence-corrected chi connectivity index (χ1v) is 21.2. The fraction of sp³-hybridized carbons (Fsp3) is 0. The van der Waals surface area contributed by atoms with Crippen molar-refractivity contribution in [2.45, 2.75) is 0 Å². The largest absolute Gasteiger partial charge is 0.310 e. The molecule has 254 valence electrons. The summed E-state index contributed by atoms with van der Waals surface area (Å²) in [6.07, 6.45) is 0. The highest BCUT2D eigenvalue weighted by atomic mass is 28.3. The number of fused-ring (bicyclic) bond motifs is 6. The Bertz CT molecular complexity index is 3170. The monoisotopic (exact) mass is 713 g/mol. The molecule has 10 aromatic rings. The lowest BCUT2D eigenvalue weighted by atomic mass is 9.34. The highest BCUT2D eigenvalue weighted by Crippen LogP contribution is 2.45. The van der Waals surface area contributed by atoms with Gasteiger partial charge in [-0.2, -0.15) is 0 Å². The van der Waals surface area contributed by atoms with Crippen molar-refractivity contribution in [3.8, 4) is 11.4 Å². The van der Waals surface area contributed by atoms with Crippen molar-refractivity contribution in [1.29, 1.82) is 0 Å². The van der Waals surface area contributed by atoms with Gasteiger partial charge in [0, 0.05) is 33.5 Å². The van der Waals surface area contributed by atoms with Gasteiger partial charge in [0.25, 0.3) is 6.71 Å². The second kappa shape index (κ2) is 10.7. The van der Waals surface area contributed by atoms with Crippen molar-refractivity contribution in [3.05, 3.63) is 194 Å². The molecule has 13 rings (SSSR count). The number of rotatable bonds is 4. The first kappa shape index (κ1) is 29.6. The molecule has 0 radical (unpaired) electrons. The standard InChI is InChI=1S/C50H32BN3Si/c1-5-17-33(18-6-1)52-41-28-14-13-25-39(41)45-50(52)53(34-19-7-2-8-20-34)42-32-31-38-37-26-15-29-43-47(37)54-48(38)46(42)51(45)40-27-16-30-44(49(40)54)55(43,35-21-9-3-10-22-35)36-23-11-4-12-24-36/h1-32H. The third-order valence-electron chi connectivity index (χ3n) is 12.7. The molecule has 3 nitrogen and oxygen atoms in total. The molecule has 0 amide bonds. The number of hydrogen-bond donors (Lipinski definition) is 0. The second-order valence-electron chi connectivity index (χ2n) is 15.2. The maximum atomic E-state index is 2.70. The lowest BCUT2D eigenvalue weighted by Crippen LogP contribution is -2.78. The molecule has 0 spiro atoms. The predicted octanol–water partition coefficient (Wildman–Crippen LogP) is 7.03. The van der Waals surface area contributed by atoms with Crippen LogP contribution in [0.4, 0.5) is 17.2 Å². The fourth-order valence-electron chi connectivity index (χ4n) is 10.8. The summed E-state index contributed by atoms with van der Waals surface area (Å²) in [6.45, 7) is 0.0232. The molecule has 0 unspecified atom stereocenters. The maximum absolute atomic E-state index is 2.80. The topological polar surface area (TPSA) is 13.1 Å². The van der Waals surface area contributed by atoms with E-state index in [0.29, 0.717) is 0 Å². The van der Waals surface area contributed by atoms with Crippen LogP contribution in [0, 0.1) is 0 Å². The van der Waals surface area contributed by atoms with Crippen LogP contribution < -0.4 is 42.0 Å². The molecule has 3 aliphatic heterocycles. The smallest absolute Gasteiger partial charge is 0.255 e. The Morgan fingerprint density at radius 2 is 0.982 bits per heavy atom. The molecule has 0 aliphatic carbocycles. The van der Waals surface area contributed by atoms with E-state index in [2.05, 4.69) is 208 Å². The van der Waals surface area contributed by atoms with E-state index in [-0.39, 0.29) is 6.71 Å². The van der Waals surface area contributed by atoms with E-state index in [1.807, 2.05) is 0 Å². The third-order valence-corrected chi connectivity index (χ3v) is 17.6. The molecule has 0 saturated carbocycles. The van der Waals surface area contributed by atoms with Crippen LogP contribution in [0.25, 0.3) is 44.1 Å². The average Bonchev–Trinajstić information content (AvgIpc) is 3.79. The van der Waals surface area contributed by atoms with Crippen LogP contribution in [0.15, 0.2) is 194 Å². The Kier molecular flexibility index (Phi) is 5.74. The summed E-state index contributed by atoms with van der Waals surface area (Å²) in [5, 5.41) is 9.74. The minimum Gasteiger partial charge on any atom is -0.310 e. The maximum Gasteiger partial charge on any atom is 0.255 e. The zero-order valence-electron chi connectivity index (χ0n) is 29.9. The normalized spacial score (nSPS) is 14.3. The number of anilines is 3. The fourth-order valence-corrected chi connectivity index (χ4v) is 16.0. The van der Waals surface area contributed by atoms with Gasteiger partial charge in [0.1, 0.15) is 5.82 Å². The summed E-state index contributed by atoms with van der Waals surface area (Å²) in [6, 6.07) is 73.1. The third kappa shape index (κ3) is 3.53. The van der Waals surface area contributed by atoms with Crippen LogP contribution in [0.2, 0.25) is 0 Å². The van der Waals surface area contributed by atoms with Crippen molar-refractivity contribution < 1.29 is 0 Å². The second-order valence-corrected chi connectivity index (χ2v) is 18.9. The summed E-state index contributed by atoms with van der Waals surface area (Å²) >= 11 is 0. The van der Waals surface area contributed by atoms with Crippen molar-refractivity contribution in [3.63, 3.8) is 0 Å². The molecule has 5 heteroatoms.